The molecule has 0 heterocycles. The van der Waals surface area contributed by atoms with Crippen molar-refractivity contribution in [3.63, 3.8) is 0 Å². The van der Waals surface area contributed by atoms with E-state index in [2.05, 4.69) is 6.08 Å². The number of carbonyl (C=O) groups is 1. The minimum absolute atomic E-state index is 0.168. The second-order valence-corrected chi connectivity index (χ2v) is 4.62. The van der Waals surface area contributed by atoms with Crippen LogP contribution in [0.3, 0.4) is 0 Å². The van der Waals surface area contributed by atoms with Crippen LogP contribution in [0, 0.1) is 23.2 Å². The van der Waals surface area contributed by atoms with E-state index in [1.54, 1.807) is 0 Å². The molecule has 0 aromatic carbocycles. The minimum atomic E-state index is -0.633. The molecule has 0 amide bonds. The van der Waals surface area contributed by atoms with Crippen molar-refractivity contribution in [2.75, 3.05) is 0 Å². The van der Waals surface area contributed by atoms with Gasteiger partial charge < -0.3 is 5.11 Å². The van der Waals surface area contributed by atoms with Gasteiger partial charge in [0.25, 0.3) is 0 Å². The maximum atomic E-state index is 11.0. The van der Waals surface area contributed by atoms with Crippen molar-refractivity contribution in [1.82, 2.24) is 0 Å². The first kappa shape index (κ1) is 6.96. The van der Waals surface area contributed by atoms with Crippen LogP contribution in [0.25, 0.3) is 0 Å². The fraction of sp³-hybridized carbons (Fsp3) is 0.667. The molecule has 4 atom stereocenters. The van der Waals surface area contributed by atoms with E-state index >= 15 is 0 Å². The molecule has 4 aliphatic carbocycles. The average molecular weight is 185 g/mol. The van der Waals surface area contributed by atoms with Crippen molar-refractivity contribution in [3.05, 3.63) is 11.1 Å². The third-order valence-corrected chi connectivity index (χ3v) is 4.12. The van der Waals surface area contributed by atoms with Crippen LogP contribution in [-0.4, -0.2) is 11.1 Å². The maximum Gasteiger partial charge on any atom is 0.310 e. The Hall–Kier alpha value is -0.500. The normalized spacial score (nSPS) is 53.4. The van der Waals surface area contributed by atoms with Crippen molar-refractivity contribution >= 4 is 17.6 Å². The maximum absolute atomic E-state index is 11.0. The smallest absolute Gasteiger partial charge is 0.310 e. The number of carboxylic acids is 1. The van der Waals surface area contributed by atoms with Gasteiger partial charge in [0.1, 0.15) is 0 Å². The van der Waals surface area contributed by atoms with Gasteiger partial charge >= 0.3 is 5.97 Å². The average Bonchev–Trinajstić information content (AvgIpc) is 2.52. The number of allylic oxidation sites excluding steroid dienone is 2. The van der Waals surface area contributed by atoms with Gasteiger partial charge in [-0.2, -0.15) is 0 Å². The Kier molecular flexibility index (Phi) is 0.995. The largest absolute Gasteiger partial charge is 0.481 e. The molecule has 64 valence electrons. The zero-order valence-electron chi connectivity index (χ0n) is 6.46. The summed E-state index contributed by atoms with van der Waals surface area (Å²) >= 11 is 5.97. The lowest BCUT2D eigenvalue weighted by Gasteiger charge is -2.20. The van der Waals surface area contributed by atoms with Crippen molar-refractivity contribution in [1.29, 1.82) is 0 Å². The highest BCUT2D eigenvalue weighted by atomic mass is 35.5. The molecule has 3 heteroatoms. The predicted molar refractivity (Wildman–Crippen MR) is 43.7 cm³/mol. The third kappa shape index (κ3) is 0.515. The number of carboxylic acid groups (broad SMARTS) is 1. The Morgan fingerprint density at radius 3 is 2.92 bits per heavy atom. The molecule has 0 saturated heterocycles. The molecule has 4 aliphatic rings. The highest BCUT2D eigenvalue weighted by Crippen LogP contribution is 2.76. The summed E-state index contributed by atoms with van der Waals surface area (Å²) in [5.41, 5.74) is -0.434. The molecule has 2 fully saturated rings. The van der Waals surface area contributed by atoms with E-state index in [0.717, 1.165) is 17.9 Å². The summed E-state index contributed by atoms with van der Waals surface area (Å²) in [7, 11) is 0. The van der Waals surface area contributed by atoms with Gasteiger partial charge in [-0.05, 0) is 24.7 Å². The summed E-state index contributed by atoms with van der Waals surface area (Å²) in [6.45, 7) is 0. The molecule has 0 aliphatic heterocycles. The summed E-state index contributed by atoms with van der Waals surface area (Å²) in [4.78, 5) is 11.0. The van der Waals surface area contributed by atoms with Crippen molar-refractivity contribution in [2.45, 2.75) is 12.8 Å². The molecule has 0 spiro atoms. The van der Waals surface area contributed by atoms with Crippen LogP contribution in [0.1, 0.15) is 12.8 Å². The Labute approximate surface area is 75.2 Å². The molecule has 0 radical (unpaired) electrons. The highest BCUT2D eigenvalue weighted by Gasteiger charge is 2.76. The molecule has 2 saturated carbocycles. The fourth-order valence-corrected chi connectivity index (χ4v) is 3.78. The van der Waals surface area contributed by atoms with Gasteiger partial charge in [0.2, 0.25) is 0 Å². The van der Waals surface area contributed by atoms with Gasteiger partial charge in [0.05, 0.1) is 5.41 Å². The summed E-state index contributed by atoms with van der Waals surface area (Å²) in [5, 5.41) is 9.88. The highest BCUT2D eigenvalue weighted by molar-refractivity contribution is 6.30. The van der Waals surface area contributed by atoms with Crippen LogP contribution in [0.2, 0.25) is 0 Å². The lowest BCUT2D eigenvalue weighted by molar-refractivity contribution is -0.144. The van der Waals surface area contributed by atoms with Gasteiger partial charge in [-0.3, -0.25) is 4.79 Å². The van der Waals surface area contributed by atoms with Crippen LogP contribution in [0.15, 0.2) is 11.1 Å². The molecule has 0 aromatic heterocycles. The van der Waals surface area contributed by atoms with Gasteiger partial charge in [0.15, 0.2) is 0 Å². The molecule has 4 rings (SSSR count). The summed E-state index contributed by atoms with van der Waals surface area (Å²) in [6, 6.07) is 0. The van der Waals surface area contributed by atoms with E-state index in [9.17, 15) is 4.79 Å². The predicted octanol–water partition coefficient (Wildman–Crippen LogP) is 1.85. The van der Waals surface area contributed by atoms with E-state index in [-0.39, 0.29) is 5.92 Å². The minimum Gasteiger partial charge on any atom is -0.481 e. The van der Waals surface area contributed by atoms with E-state index in [1.165, 1.54) is 0 Å². The van der Waals surface area contributed by atoms with E-state index < -0.39 is 11.4 Å². The first-order chi connectivity index (χ1) is 5.66. The van der Waals surface area contributed by atoms with Crippen LogP contribution in [-0.2, 0) is 4.79 Å². The molecular formula is C9H9ClO2. The van der Waals surface area contributed by atoms with E-state index in [1.807, 2.05) is 0 Å². The number of hydrogen-bond acceptors (Lipinski definition) is 1. The Morgan fingerprint density at radius 1 is 1.75 bits per heavy atom. The van der Waals surface area contributed by atoms with E-state index in [4.69, 9.17) is 16.7 Å². The standard InChI is InChI=1S/C9H9ClO2/c10-6-2-4-1-5-7(6)9(5,3-4)8(11)12/h2,4-5,7H,1,3H2,(H,11,12). The summed E-state index contributed by atoms with van der Waals surface area (Å²) < 4.78 is 0. The molecular weight excluding hydrogens is 176 g/mol. The first-order valence-corrected chi connectivity index (χ1v) is 4.64. The van der Waals surface area contributed by atoms with Crippen molar-refractivity contribution in [3.8, 4) is 0 Å². The molecule has 0 aromatic rings. The summed E-state index contributed by atoms with van der Waals surface area (Å²) in [6.07, 6.45) is 3.93. The van der Waals surface area contributed by atoms with Gasteiger partial charge in [-0.1, -0.05) is 17.7 Å². The van der Waals surface area contributed by atoms with Gasteiger partial charge in [-0.25, -0.2) is 0 Å². The molecule has 4 unspecified atom stereocenters. The topological polar surface area (TPSA) is 37.3 Å². The first-order valence-electron chi connectivity index (χ1n) is 4.27. The van der Waals surface area contributed by atoms with Crippen LogP contribution < -0.4 is 0 Å². The summed E-state index contributed by atoms with van der Waals surface area (Å²) in [5.74, 6) is 0.342. The Morgan fingerprint density at radius 2 is 2.50 bits per heavy atom. The van der Waals surface area contributed by atoms with Crippen molar-refractivity contribution in [2.24, 2.45) is 23.2 Å². The number of halogens is 1. The number of hydrogen-bond donors (Lipinski definition) is 1. The number of aliphatic carboxylic acids is 1. The second-order valence-electron chi connectivity index (χ2n) is 4.18. The lowest BCUT2D eigenvalue weighted by Crippen LogP contribution is -2.21. The zero-order valence-corrected chi connectivity index (χ0v) is 7.21. The van der Waals surface area contributed by atoms with Crippen LogP contribution >= 0.6 is 11.6 Å². The monoisotopic (exact) mass is 184 g/mol. The quantitative estimate of drug-likeness (QED) is 0.676. The molecule has 4 bridgehead atoms. The zero-order chi connectivity index (χ0) is 8.51. The lowest BCUT2D eigenvalue weighted by atomic mass is 9.87. The Bertz CT molecular complexity index is 310. The molecule has 1 N–H and O–H groups in total. The second kappa shape index (κ2) is 1.72. The molecule has 12 heavy (non-hydrogen) atoms. The van der Waals surface area contributed by atoms with Gasteiger partial charge in [-0.15, -0.1) is 0 Å². The third-order valence-electron chi connectivity index (χ3n) is 3.76. The van der Waals surface area contributed by atoms with Crippen molar-refractivity contribution < 1.29 is 9.90 Å². The van der Waals surface area contributed by atoms with E-state index in [0.29, 0.717) is 11.8 Å². The SMILES string of the molecule is O=C(O)C12CC3C=C(Cl)C1C2C3. The Balaban J connectivity index is 2.09. The van der Waals surface area contributed by atoms with Crippen LogP contribution in [0.4, 0.5) is 0 Å². The molecule has 2 nitrogen and oxygen atoms in total. The fourth-order valence-electron chi connectivity index (χ4n) is 3.26. The van der Waals surface area contributed by atoms with Gasteiger partial charge in [0, 0.05) is 11.0 Å². The van der Waals surface area contributed by atoms with Crippen LogP contribution in [0.5, 0.6) is 0 Å². The number of rotatable bonds is 1.